The molecule has 92 valence electrons. The molecule has 0 fully saturated rings. The van der Waals surface area contributed by atoms with Gasteiger partial charge in [-0.1, -0.05) is 32.6 Å². The lowest BCUT2D eigenvalue weighted by Crippen LogP contribution is -2.12. The van der Waals surface area contributed by atoms with Gasteiger partial charge in [0, 0.05) is 17.0 Å². The Balaban J connectivity index is 3.31. The quantitative estimate of drug-likeness (QED) is 0.655. The minimum absolute atomic E-state index is 0.349. The first-order valence-corrected chi connectivity index (χ1v) is 5.59. The molecule has 0 unspecified atom stereocenters. The average molecular weight is 236 g/mol. The lowest BCUT2D eigenvalue weighted by Gasteiger charge is -2.25. The molecule has 1 rings (SSSR count). The van der Waals surface area contributed by atoms with Gasteiger partial charge in [-0.3, -0.25) is 0 Å². The Morgan fingerprint density at radius 1 is 1.29 bits per heavy atom. The molecule has 0 aliphatic carbocycles. The molecule has 0 N–H and O–H groups in total. The summed E-state index contributed by atoms with van der Waals surface area (Å²) in [5, 5.41) is 0. The number of aryl methyl sites for hydroxylation is 1. The standard InChI is InChI=1S/C15H18F2/c1-6-7-15(4,5)11(3)14-10(2)8-12(16)9-13(14)17/h6-9H,3H2,1-2,4-5H3/b7-6-. The van der Waals surface area contributed by atoms with Crippen molar-refractivity contribution in [2.75, 3.05) is 0 Å². The molecule has 17 heavy (non-hydrogen) atoms. The van der Waals surface area contributed by atoms with Crippen molar-refractivity contribution in [2.24, 2.45) is 5.41 Å². The number of hydrogen-bond acceptors (Lipinski definition) is 0. The molecule has 1 aromatic carbocycles. The molecule has 2 heteroatoms. The van der Waals surface area contributed by atoms with E-state index in [0.29, 0.717) is 16.7 Å². The third kappa shape index (κ3) is 2.82. The second-order valence-electron chi connectivity index (χ2n) is 4.78. The molecule has 0 bridgehead atoms. The van der Waals surface area contributed by atoms with Crippen LogP contribution in [0.3, 0.4) is 0 Å². The second kappa shape index (κ2) is 4.82. The smallest absolute Gasteiger partial charge is 0.133 e. The van der Waals surface area contributed by atoms with E-state index in [-0.39, 0.29) is 5.41 Å². The van der Waals surface area contributed by atoms with E-state index in [9.17, 15) is 8.78 Å². The van der Waals surface area contributed by atoms with E-state index in [1.807, 2.05) is 32.9 Å². The second-order valence-corrected chi connectivity index (χ2v) is 4.78. The van der Waals surface area contributed by atoms with E-state index < -0.39 is 11.6 Å². The minimum Gasteiger partial charge on any atom is -0.207 e. The number of halogens is 2. The van der Waals surface area contributed by atoms with Gasteiger partial charge in [-0.2, -0.15) is 0 Å². The van der Waals surface area contributed by atoms with Crippen LogP contribution in [0.4, 0.5) is 8.78 Å². The van der Waals surface area contributed by atoms with Crippen molar-refractivity contribution in [3.63, 3.8) is 0 Å². The van der Waals surface area contributed by atoms with Crippen LogP contribution < -0.4 is 0 Å². The van der Waals surface area contributed by atoms with Crippen LogP contribution in [-0.4, -0.2) is 0 Å². The predicted molar refractivity (Wildman–Crippen MR) is 68.7 cm³/mol. The average Bonchev–Trinajstić information content (AvgIpc) is 2.15. The van der Waals surface area contributed by atoms with Gasteiger partial charge in [-0.25, -0.2) is 8.78 Å². The topological polar surface area (TPSA) is 0 Å². The van der Waals surface area contributed by atoms with Gasteiger partial charge in [-0.15, -0.1) is 0 Å². The fourth-order valence-corrected chi connectivity index (χ4v) is 1.92. The van der Waals surface area contributed by atoms with Crippen LogP contribution in [0, 0.1) is 24.0 Å². The zero-order valence-electron chi connectivity index (χ0n) is 10.8. The zero-order valence-corrected chi connectivity index (χ0v) is 10.8. The SMILES string of the molecule is C=C(c1c(C)cc(F)cc1F)C(C)(C)/C=C\C. The molecule has 0 saturated heterocycles. The van der Waals surface area contributed by atoms with Crippen molar-refractivity contribution in [3.05, 3.63) is 53.6 Å². The van der Waals surface area contributed by atoms with E-state index in [1.54, 1.807) is 6.92 Å². The fourth-order valence-electron chi connectivity index (χ4n) is 1.92. The molecular weight excluding hydrogens is 218 g/mol. The lowest BCUT2D eigenvalue weighted by atomic mass is 9.79. The molecule has 0 radical (unpaired) electrons. The van der Waals surface area contributed by atoms with Crippen LogP contribution in [0.5, 0.6) is 0 Å². The van der Waals surface area contributed by atoms with Crippen molar-refractivity contribution >= 4 is 5.57 Å². The molecule has 0 nitrogen and oxygen atoms in total. The lowest BCUT2D eigenvalue weighted by molar-refractivity contribution is 0.571. The Morgan fingerprint density at radius 2 is 1.88 bits per heavy atom. The summed E-state index contributed by atoms with van der Waals surface area (Å²) >= 11 is 0. The molecule has 0 atom stereocenters. The fraction of sp³-hybridized carbons (Fsp3) is 0.333. The number of rotatable bonds is 3. The predicted octanol–water partition coefficient (Wildman–Crippen LogP) is 4.89. The van der Waals surface area contributed by atoms with Gasteiger partial charge in [-0.05, 0) is 31.1 Å². The van der Waals surface area contributed by atoms with E-state index >= 15 is 0 Å². The Hall–Kier alpha value is -1.44. The highest BCUT2D eigenvalue weighted by Crippen LogP contribution is 2.37. The van der Waals surface area contributed by atoms with Gasteiger partial charge < -0.3 is 0 Å². The zero-order chi connectivity index (χ0) is 13.2. The van der Waals surface area contributed by atoms with Gasteiger partial charge >= 0.3 is 0 Å². The molecule has 0 amide bonds. The summed E-state index contributed by atoms with van der Waals surface area (Å²) in [5.41, 5.74) is 1.29. The van der Waals surface area contributed by atoms with E-state index in [2.05, 4.69) is 6.58 Å². The highest BCUT2D eigenvalue weighted by Gasteiger charge is 2.23. The maximum Gasteiger partial charge on any atom is 0.133 e. The summed E-state index contributed by atoms with van der Waals surface area (Å²) in [6, 6.07) is 2.23. The first kappa shape index (κ1) is 13.6. The molecule has 1 aromatic rings. The highest BCUT2D eigenvalue weighted by molar-refractivity contribution is 5.72. The Kier molecular flexibility index (Phi) is 3.87. The van der Waals surface area contributed by atoms with Crippen molar-refractivity contribution < 1.29 is 8.78 Å². The van der Waals surface area contributed by atoms with Crippen LogP contribution in [0.15, 0.2) is 30.9 Å². The number of benzene rings is 1. The van der Waals surface area contributed by atoms with E-state index in [0.717, 1.165) is 6.07 Å². The normalized spacial score (nSPS) is 12.1. The highest BCUT2D eigenvalue weighted by atomic mass is 19.1. The molecule has 0 aliphatic heterocycles. The largest absolute Gasteiger partial charge is 0.207 e. The molecule has 0 heterocycles. The number of allylic oxidation sites excluding steroid dienone is 3. The summed E-state index contributed by atoms with van der Waals surface area (Å²) in [4.78, 5) is 0. The summed E-state index contributed by atoms with van der Waals surface area (Å²) in [5.74, 6) is -1.11. The molecule has 0 spiro atoms. The summed E-state index contributed by atoms with van der Waals surface area (Å²) < 4.78 is 26.8. The van der Waals surface area contributed by atoms with Gasteiger partial charge in [0.15, 0.2) is 0 Å². The van der Waals surface area contributed by atoms with Crippen LogP contribution in [0.25, 0.3) is 5.57 Å². The number of hydrogen-bond donors (Lipinski definition) is 0. The Morgan fingerprint density at radius 3 is 2.35 bits per heavy atom. The summed E-state index contributed by atoms with van der Waals surface area (Å²) in [6.07, 6.45) is 3.86. The third-order valence-corrected chi connectivity index (χ3v) is 2.92. The van der Waals surface area contributed by atoms with Crippen LogP contribution in [0.2, 0.25) is 0 Å². The maximum absolute atomic E-state index is 13.8. The van der Waals surface area contributed by atoms with E-state index in [4.69, 9.17) is 0 Å². The van der Waals surface area contributed by atoms with Crippen molar-refractivity contribution in [3.8, 4) is 0 Å². The first-order chi connectivity index (χ1) is 7.79. The summed E-state index contributed by atoms with van der Waals surface area (Å²) in [7, 11) is 0. The van der Waals surface area contributed by atoms with Crippen molar-refractivity contribution in [1.29, 1.82) is 0 Å². The van der Waals surface area contributed by atoms with Gasteiger partial charge in [0.1, 0.15) is 11.6 Å². The third-order valence-electron chi connectivity index (χ3n) is 2.92. The first-order valence-electron chi connectivity index (χ1n) is 5.59. The van der Waals surface area contributed by atoms with E-state index in [1.165, 1.54) is 6.07 Å². The molecular formula is C15H18F2. The van der Waals surface area contributed by atoms with Gasteiger partial charge in [0.2, 0.25) is 0 Å². The van der Waals surface area contributed by atoms with Crippen molar-refractivity contribution in [2.45, 2.75) is 27.7 Å². The molecule has 0 aromatic heterocycles. The Labute approximate surface area is 102 Å². The monoisotopic (exact) mass is 236 g/mol. The molecule has 0 saturated carbocycles. The van der Waals surface area contributed by atoms with Crippen LogP contribution >= 0.6 is 0 Å². The molecule has 0 aliphatic rings. The van der Waals surface area contributed by atoms with Crippen LogP contribution in [0.1, 0.15) is 31.9 Å². The van der Waals surface area contributed by atoms with Crippen LogP contribution in [-0.2, 0) is 0 Å². The van der Waals surface area contributed by atoms with Gasteiger partial charge in [0.25, 0.3) is 0 Å². The minimum atomic E-state index is -0.555. The Bertz CT molecular complexity index is 445. The summed E-state index contributed by atoms with van der Waals surface area (Å²) in [6.45, 7) is 11.5. The maximum atomic E-state index is 13.8. The van der Waals surface area contributed by atoms with Crippen molar-refractivity contribution in [1.82, 2.24) is 0 Å². The van der Waals surface area contributed by atoms with Gasteiger partial charge in [0.05, 0.1) is 0 Å².